The summed E-state index contributed by atoms with van der Waals surface area (Å²) in [5, 5.41) is 0.0177. The highest BCUT2D eigenvalue weighted by Gasteiger charge is 2.33. The van der Waals surface area contributed by atoms with Crippen LogP contribution in [0, 0.1) is 0 Å². The van der Waals surface area contributed by atoms with Crippen LogP contribution in [0.15, 0.2) is 48.5 Å². The van der Waals surface area contributed by atoms with Gasteiger partial charge in [-0.15, -0.1) is 11.8 Å². The van der Waals surface area contributed by atoms with Crippen molar-refractivity contribution in [3.63, 3.8) is 0 Å². The molecule has 2 aromatic rings. The van der Waals surface area contributed by atoms with Crippen LogP contribution in [0.3, 0.4) is 0 Å². The normalized spacial score (nSPS) is 17.2. The van der Waals surface area contributed by atoms with Crippen molar-refractivity contribution in [3.05, 3.63) is 59.7 Å². The molecule has 0 radical (unpaired) electrons. The third-order valence-electron chi connectivity index (χ3n) is 3.91. The van der Waals surface area contributed by atoms with Gasteiger partial charge in [0.15, 0.2) is 0 Å². The monoisotopic (exact) mass is 343 g/mol. The Balaban J connectivity index is 1.82. The van der Waals surface area contributed by atoms with Crippen LogP contribution in [0.2, 0.25) is 0 Å². The van der Waals surface area contributed by atoms with Crippen LogP contribution in [0.4, 0.5) is 0 Å². The van der Waals surface area contributed by atoms with Crippen LogP contribution in [-0.4, -0.2) is 30.3 Å². The number of benzene rings is 2. The Labute approximate surface area is 146 Å². The first-order valence-corrected chi connectivity index (χ1v) is 9.03. The minimum atomic E-state index is 0.0177. The van der Waals surface area contributed by atoms with Gasteiger partial charge in [-0.2, -0.15) is 0 Å². The van der Waals surface area contributed by atoms with Gasteiger partial charge >= 0.3 is 0 Å². The van der Waals surface area contributed by atoms with Crippen LogP contribution in [0.25, 0.3) is 0 Å². The fraction of sp³-hybridized carbons (Fsp3) is 0.316. The molecule has 1 amide bonds. The summed E-state index contributed by atoms with van der Waals surface area (Å²) in [4.78, 5) is 14.3. The molecule has 0 bridgehead atoms. The predicted molar refractivity (Wildman–Crippen MR) is 96.4 cm³/mol. The van der Waals surface area contributed by atoms with Crippen molar-refractivity contribution in [1.29, 1.82) is 0 Å². The van der Waals surface area contributed by atoms with E-state index in [0.717, 1.165) is 22.6 Å². The lowest BCUT2D eigenvalue weighted by Gasteiger charge is -2.25. The van der Waals surface area contributed by atoms with Crippen molar-refractivity contribution < 1.29 is 14.3 Å². The maximum Gasteiger partial charge on any atom is 0.234 e. The van der Waals surface area contributed by atoms with Gasteiger partial charge in [-0.05, 0) is 42.3 Å². The molecule has 0 saturated carbocycles. The van der Waals surface area contributed by atoms with Gasteiger partial charge in [-0.3, -0.25) is 4.79 Å². The molecule has 3 rings (SSSR count). The van der Waals surface area contributed by atoms with Crippen molar-refractivity contribution in [2.45, 2.75) is 18.8 Å². The highest BCUT2D eigenvalue weighted by atomic mass is 32.2. The summed E-state index contributed by atoms with van der Waals surface area (Å²) in [7, 11) is 1.65. The molecule has 0 aromatic heterocycles. The molecule has 1 fully saturated rings. The van der Waals surface area contributed by atoms with E-state index in [1.165, 1.54) is 0 Å². The van der Waals surface area contributed by atoms with Crippen molar-refractivity contribution in [2.24, 2.45) is 0 Å². The van der Waals surface area contributed by atoms with E-state index in [4.69, 9.17) is 9.47 Å². The van der Waals surface area contributed by atoms with E-state index in [1.54, 1.807) is 18.9 Å². The van der Waals surface area contributed by atoms with Crippen molar-refractivity contribution in [3.8, 4) is 11.5 Å². The SMILES string of the molecule is CCOc1cccc(C2SCC(=O)N2Cc2cccc(OC)c2)c1. The smallest absolute Gasteiger partial charge is 0.234 e. The molecule has 2 aromatic carbocycles. The second-order valence-electron chi connectivity index (χ2n) is 5.54. The first kappa shape index (κ1) is 16.7. The summed E-state index contributed by atoms with van der Waals surface area (Å²) in [6, 6.07) is 15.9. The van der Waals surface area contributed by atoms with Crippen LogP contribution in [0.5, 0.6) is 11.5 Å². The number of rotatable bonds is 6. The number of hydrogen-bond donors (Lipinski definition) is 0. The summed E-state index contributed by atoms with van der Waals surface area (Å²) < 4.78 is 10.9. The van der Waals surface area contributed by atoms with E-state index in [-0.39, 0.29) is 11.3 Å². The number of carbonyl (C=O) groups is 1. The van der Waals surface area contributed by atoms with E-state index in [9.17, 15) is 4.79 Å². The lowest BCUT2D eigenvalue weighted by molar-refractivity contribution is -0.128. The van der Waals surface area contributed by atoms with Crippen LogP contribution >= 0.6 is 11.8 Å². The van der Waals surface area contributed by atoms with Crippen molar-refractivity contribution >= 4 is 17.7 Å². The number of hydrogen-bond acceptors (Lipinski definition) is 4. The molecule has 1 unspecified atom stereocenters. The Morgan fingerprint density at radius 1 is 1.17 bits per heavy atom. The lowest BCUT2D eigenvalue weighted by atomic mass is 10.1. The molecule has 4 nitrogen and oxygen atoms in total. The fourth-order valence-electron chi connectivity index (χ4n) is 2.79. The van der Waals surface area contributed by atoms with Gasteiger partial charge in [0.2, 0.25) is 5.91 Å². The highest BCUT2D eigenvalue weighted by molar-refractivity contribution is 8.00. The van der Waals surface area contributed by atoms with E-state index in [1.807, 2.05) is 54.3 Å². The number of amides is 1. The second kappa shape index (κ2) is 7.62. The second-order valence-corrected chi connectivity index (χ2v) is 6.61. The Morgan fingerprint density at radius 2 is 1.96 bits per heavy atom. The molecule has 0 spiro atoms. The Kier molecular flexibility index (Phi) is 5.30. The standard InChI is InChI=1S/C19H21NO3S/c1-3-23-17-9-5-7-15(11-17)19-20(18(21)13-24-19)12-14-6-4-8-16(10-14)22-2/h4-11,19H,3,12-13H2,1-2H3. The molecular weight excluding hydrogens is 322 g/mol. The van der Waals surface area contributed by atoms with Gasteiger partial charge in [0.05, 0.1) is 19.5 Å². The molecule has 24 heavy (non-hydrogen) atoms. The maximum absolute atomic E-state index is 12.4. The summed E-state index contributed by atoms with van der Waals surface area (Å²) in [6.45, 7) is 3.18. The van der Waals surface area contributed by atoms with Gasteiger partial charge in [0, 0.05) is 6.54 Å². The van der Waals surface area contributed by atoms with E-state index < -0.39 is 0 Å². The summed E-state index contributed by atoms with van der Waals surface area (Å²) >= 11 is 1.66. The predicted octanol–water partition coefficient (Wildman–Crippen LogP) is 3.87. The Morgan fingerprint density at radius 3 is 2.75 bits per heavy atom. The van der Waals surface area contributed by atoms with E-state index >= 15 is 0 Å². The van der Waals surface area contributed by atoms with Crippen LogP contribution in [-0.2, 0) is 11.3 Å². The minimum absolute atomic E-state index is 0.0177. The first-order valence-electron chi connectivity index (χ1n) is 7.98. The molecule has 5 heteroatoms. The number of carbonyl (C=O) groups excluding carboxylic acids is 1. The molecule has 0 aliphatic carbocycles. The molecule has 0 N–H and O–H groups in total. The summed E-state index contributed by atoms with van der Waals surface area (Å²) in [5.41, 5.74) is 2.16. The van der Waals surface area contributed by atoms with Crippen LogP contribution < -0.4 is 9.47 Å². The van der Waals surface area contributed by atoms with Gasteiger partial charge in [0.25, 0.3) is 0 Å². The average Bonchev–Trinajstić information content (AvgIpc) is 2.96. The number of ether oxygens (including phenoxy) is 2. The molecular formula is C19H21NO3S. The third kappa shape index (κ3) is 3.67. The molecule has 1 heterocycles. The summed E-state index contributed by atoms with van der Waals surface area (Å²) in [5.74, 6) is 2.32. The Hall–Kier alpha value is -2.14. The zero-order valence-corrected chi connectivity index (χ0v) is 14.7. The lowest BCUT2D eigenvalue weighted by Crippen LogP contribution is -2.27. The van der Waals surface area contributed by atoms with Gasteiger partial charge < -0.3 is 14.4 Å². The molecule has 1 atom stereocenters. The molecule has 126 valence electrons. The summed E-state index contributed by atoms with van der Waals surface area (Å²) in [6.07, 6.45) is 0. The van der Waals surface area contributed by atoms with Gasteiger partial charge in [-0.1, -0.05) is 24.3 Å². The minimum Gasteiger partial charge on any atom is -0.497 e. The first-order chi connectivity index (χ1) is 11.7. The third-order valence-corrected chi connectivity index (χ3v) is 5.17. The van der Waals surface area contributed by atoms with Gasteiger partial charge in [0.1, 0.15) is 16.9 Å². The molecule has 1 aliphatic rings. The van der Waals surface area contributed by atoms with E-state index in [0.29, 0.717) is 18.9 Å². The zero-order valence-electron chi connectivity index (χ0n) is 13.9. The van der Waals surface area contributed by atoms with E-state index in [2.05, 4.69) is 6.07 Å². The largest absolute Gasteiger partial charge is 0.497 e. The fourth-order valence-corrected chi connectivity index (χ4v) is 3.97. The zero-order chi connectivity index (χ0) is 16.9. The number of nitrogens with zero attached hydrogens (tertiary/aromatic N) is 1. The molecule has 1 saturated heterocycles. The Bertz CT molecular complexity index is 719. The highest BCUT2D eigenvalue weighted by Crippen LogP contribution is 2.40. The van der Waals surface area contributed by atoms with Gasteiger partial charge in [-0.25, -0.2) is 0 Å². The maximum atomic E-state index is 12.4. The number of thioether (sulfide) groups is 1. The van der Waals surface area contributed by atoms with Crippen molar-refractivity contribution in [2.75, 3.05) is 19.5 Å². The topological polar surface area (TPSA) is 38.8 Å². The quantitative estimate of drug-likeness (QED) is 0.798. The average molecular weight is 343 g/mol. The molecule has 1 aliphatic heterocycles. The van der Waals surface area contributed by atoms with Crippen LogP contribution in [0.1, 0.15) is 23.4 Å². The number of methoxy groups -OCH3 is 1. The van der Waals surface area contributed by atoms with Crippen molar-refractivity contribution in [1.82, 2.24) is 4.90 Å².